The average Bonchev–Trinajstić information content (AvgIpc) is 2.17. The summed E-state index contributed by atoms with van der Waals surface area (Å²) in [6, 6.07) is 7.64. The standard InChI is InChI=1S/C12H15NO/c1-10(8-9-14)2-3-11-4-6-12(13)7-5-11/h2-8,14H,9,13H2,1H3/b3-2+,10-8-. The van der Waals surface area contributed by atoms with E-state index in [1.54, 1.807) is 6.08 Å². The van der Waals surface area contributed by atoms with Crippen LogP contribution in [0.1, 0.15) is 12.5 Å². The van der Waals surface area contributed by atoms with Gasteiger partial charge in [-0.3, -0.25) is 0 Å². The third-order valence-electron chi connectivity index (χ3n) is 1.89. The van der Waals surface area contributed by atoms with Crippen molar-refractivity contribution in [2.75, 3.05) is 12.3 Å². The summed E-state index contributed by atoms with van der Waals surface area (Å²) in [5, 5.41) is 8.64. The van der Waals surface area contributed by atoms with Crippen LogP contribution in [0.25, 0.3) is 6.08 Å². The highest BCUT2D eigenvalue weighted by atomic mass is 16.2. The number of rotatable bonds is 3. The Morgan fingerprint density at radius 1 is 1.36 bits per heavy atom. The van der Waals surface area contributed by atoms with Crippen molar-refractivity contribution in [3.8, 4) is 0 Å². The van der Waals surface area contributed by atoms with Crippen molar-refractivity contribution in [1.29, 1.82) is 0 Å². The molecule has 1 aromatic carbocycles. The molecule has 0 heterocycles. The number of hydrogen-bond acceptors (Lipinski definition) is 2. The molecule has 14 heavy (non-hydrogen) atoms. The molecule has 0 aliphatic rings. The molecule has 0 fully saturated rings. The topological polar surface area (TPSA) is 46.2 Å². The van der Waals surface area contributed by atoms with Crippen molar-refractivity contribution < 1.29 is 5.11 Å². The summed E-state index contributed by atoms with van der Waals surface area (Å²) in [4.78, 5) is 0. The molecule has 0 saturated carbocycles. The zero-order valence-electron chi connectivity index (χ0n) is 8.27. The van der Waals surface area contributed by atoms with Gasteiger partial charge in [-0.15, -0.1) is 0 Å². The molecule has 3 N–H and O–H groups in total. The predicted octanol–water partition coefficient (Wildman–Crippen LogP) is 2.22. The second-order valence-electron chi connectivity index (χ2n) is 3.13. The van der Waals surface area contributed by atoms with Gasteiger partial charge in [0.1, 0.15) is 0 Å². The maximum atomic E-state index is 8.64. The lowest BCUT2D eigenvalue weighted by atomic mass is 10.1. The van der Waals surface area contributed by atoms with E-state index in [0.717, 1.165) is 16.8 Å². The van der Waals surface area contributed by atoms with Gasteiger partial charge < -0.3 is 10.8 Å². The number of nitrogens with two attached hydrogens (primary N) is 1. The van der Waals surface area contributed by atoms with Crippen LogP contribution in [0, 0.1) is 0 Å². The van der Waals surface area contributed by atoms with Crippen LogP contribution in [0.5, 0.6) is 0 Å². The van der Waals surface area contributed by atoms with Gasteiger partial charge >= 0.3 is 0 Å². The maximum Gasteiger partial charge on any atom is 0.0617 e. The fraction of sp³-hybridized carbons (Fsp3) is 0.167. The lowest BCUT2D eigenvalue weighted by Crippen LogP contribution is -1.82. The SMILES string of the molecule is CC(=C/CO)/C=C/c1ccc(N)cc1. The Morgan fingerprint density at radius 3 is 2.57 bits per heavy atom. The van der Waals surface area contributed by atoms with Crippen LogP contribution in [-0.4, -0.2) is 11.7 Å². The Balaban J connectivity index is 2.69. The Hall–Kier alpha value is -1.54. The van der Waals surface area contributed by atoms with Crippen LogP contribution in [0.3, 0.4) is 0 Å². The largest absolute Gasteiger partial charge is 0.399 e. The number of nitrogen functional groups attached to an aromatic ring is 1. The summed E-state index contributed by atoms with van der Waals surface area (Å²) in [5.41, 5.74) is 8.48. The van der Waals surface area contributed by atoms with Gasteiger partial charge in [-0.1, -0.05) is 35.9 Å². The number of hydrogen-bond donors (Lipinski definition) is 2. The smallest absolute Gasteiger partial charge is 0.0617 e. The minimum atomic E-state index is 0.0813. The van der Waals surface area contributed by atoms with E-state index in [-0.39, 0.29) is 6.61 Å². The van der Waals surface area contributed by atoms with Crippen molar-refractivity contribution in [2.45, 2.75) is 6.92 Å². The quantitative estimate of drug-likeness (QED) is 0.565. The van der Waals surface area contributed by atoms with E-state index in [9.17, 15) is 0 Å². The van der Waals surface area contributed by atoms with Crippen molar-refractivity contribution in [1.82, 2.24) is 0 Å². The number of anilines is 1. The summed E-state index contributed by atoms with van der Waals surface area (Å²) in [5.74, 6) is 0. The van der Waals surface area contributed by atoms with Gasteiger partial charge in [0, 0.05) is 5.69 Å². The molecule has 0 aliphatic heterocycles. The molecule has 1 rings (SSSR count). The highest BCUT2D eigenvalue weighted by Gasteiger charge is 1.86. The molecule has 0 unspecified atom stereocenters. The van der Waals surface area contributed by atoms with Crippen molar-refractivity contribution >= 4 is 11.8 Å². The van der Waals surface area contributed by atoms with Crippen LogP contribution in [-0.2, 0) is 0 Å². The average molecular weight is 189 g/mol. The van der Waals surface area contributed by atoms with Gasteiger partial charge in [0.15, 0.2) is 0 Å². The number of aliphatic hydroxyl groups is 1. The monoisotopic (exact) mass is 189 g/mol. The normalized spacial score (nSPS) is 12.3. The van der Waals surface area contributed by atoms with Gasteiger partial charge in [-0.25, -0.2) is 0 Å². The lowest BCUT2D eigenvalue weighted by Gasteiger charge is -1.95. The fourth-order valence-corrected chi connectivity index (χ4v) is 1.05. The second-order valence-corrected chi connectivity index (χ2v) is 3.13. The van der Waals surface area contributed by atoms with Crippen molar-refractivity contribution in [2.24, 2.45) is 0 Å². The van der Waals surface area contributed by atoms with Crippen molar-refractivity contribution in [3.05, 3.63) is 47.6 Å². The summed E-state index contributed by atoms with van der Waals surface area (Å²) in [6.45, 7) is 2.03. The highest BCUT2D eigenvalue weighted by Crippen LogP contribution is 2.08. The van der Waals surface area contributed by atoms with Crippen LogP contribution >= 0.6 is 0 Å². The molecular weight excluding hydrogens is 174 g/mol. The zero-order valence-corrected chi connectivity index (χ0v) is 8.27. The Bertz CT molecular complexity index is 336. The summed E-state index contributed by atoms with van der Waals surface area (Å²) < 4.78 is 0. The first kappa shape index (κ1) is 10.5. The molecule has 0 radical (unpaired) electrons. The van der Waals surface area contributed by atoms with Gasteiger partial charge in [0.25, 0.3) is 0 Å². The summed E-state index contributed by atoms with van der Waals surface area (Å²) in [6.07, 6.45) is 5.70. The molecule has 0 atom stereocenters. The predicted molar refractivity (Wildman–Crippen MR) is 60.7 cm³/mol. The molecule has 2 heteroatoms. The van der Waals surface area contributed by atoms with E-state index in [1.165, 1.54) is 0 Å². The zero-order chi connectivity index (χ0) is 10.4. The molecular formula is C12H15NO. The van der Waals surface area contributed by atoms with E-state index >= 15 is 0 Å². The van der Waals surface area contributed by atoms with Gasteiger partial charge in [0.2, 0.25) is 0 Å². The van der Waals surface area contributed by atoms with E-state index in [0.29, 0.717) is 0 Å². The van der Waals surface area contributed by atoms with E-state index < -0.39 is 0 Å². The molecule has 0 bridgehead atoms. The number of benzene rings is 1. The summed E-state index contributed by atoms with van der Waals surface area (Å²) >= 11 is 0. The maximum absolute atomic E-state index is 8.64. The third-order valence-corrected chi connectivity index (χ3v) is 1.89. The van der Waals surface area contributed by atoms with Gasteiger partial charge in [-0.05, 0) is 24.6 Å². The number of aliphatic hydroxyl groups excluding tert-OH is 1. The van der Waals surface area contributed by atoms with Crippen LogP contribution in [0.2, 0.25) is 0 Å². The molecule has 2 nitrogen and oxygen atoms in total. The van der Waals surface area contributed by atoms with E-state index in [2.05, 4.69) is 0 Å². The molecule has 74 valence electrons. The molecule has 0 amide bonds. The Kier molecular flexibility index (Phi) is 3.95. The van der Waals surface area contributed by atoms with E-state index in [4.69, 9.17) is 10.8 Å². The Labute approximate surface area is 84.4 Å². The molecule has 0 aliphatic carbocycles. The lowest BCUT2D eigenvalue weighted by molar-refractivity contribution is 0.342. The van der Waals surface area contributed by atoms with Crippen LogP contribution in [0.15, 0.2) is 42.0 Å². The van der Waals surface area contributed by atoms with Crippen molar-refractivity contribution in [3.63, 3.8) is 0 Å². The van der Waals surface area contributed by atoms with Gasteiger partial charge in [0.05, 0.1) is 6.61 Å². The molecule has 0 aromatic heterocycles. The van der Waals surface area contributed by atoms with Crippen LogP contribution in [0.4, 0.5) is 5.69 Å². The number of allylic oxidation sites excluding steroid dienone is 2. The van der Waals surface area contributed by atoms with Crippen LogP contribution < -0.4 is 5.73 Å². The second kappa shape index (κ2) is 5.25. The van der Waals surface area contributed by atoms with E-state index in [1.807, 2.05) is 43.3 Å². The molecule has 0 saturated heterocycles. The molecule has 1 aromatic rings. The van der Waals surface area contributed by atoms with Gasteiger partial charge in [-0.2, -0.15) is 0 Å². The first-order chi connectivity index (χ1) is 6.72. The first-order valence-electron chi connectivity index (χ1n) is 4.53. The third kappa shape index (κ3) is 3.46. The minimum absolute atomic E-state index is 0.0813. The fourth-order valence-electron chi connectivity index (χ4n) is 1.05. The first-order valence-corrected chi connectivity index (χ1v) is 4.53. The summed E-state index contributed by atoms with van der Waals surface area (Å²) in [7, 11) is 0. The molecule has 0 spiro atoms. The minimum Gasteiger partial charge on any atom is -0.399 e. The Morgan fingerprint density at radius 2 is 2.00 bits per heavy atom. The highest BCUT2D eigenvalue weighted by molar-refractivity contribution is 5.55.